The van der Waals surface area contributed by atoms with Gasteiger partial charge in [-0.2, -0.15) is 0 Å². The quantitative estimate of drug-likeness (QED) is 0.686. The Morgan fingerprint density at radius 2 is 2.14 bits per heavy atom. The number of nitrogens with zero attached hydrogens (tertiary/aromatic N) is 3. The summed E-state index contributed by atoms with van der Waals surface area (Å²) in [6.07, 6.45) is 5.33. The van der Waals surface area contributed by atoms with Crippen molar-refractivity contribution in [3.63, 3.8) is 0 Å². The number of hydrogen-bond donors (Lipinski definition) is 2. The van der Waals surface area contributed by atoms with E-state index in [1.807, 2.05) is 25.1 Å². The van der Waals surface area contributed by atoms with Crippen LogP contribution in [0.5, 0.6) is 0 Å². The van der Waals surface area contributed by atoms with Crippen LogP contribution >= 0.6 is 0 Å². The highest BCUT2D eigenvalue weighted by Gasteiger charge is 2.22. The standard InChI is InChI=1S/C22H23N5O/c1-6-9-27(5)22(28)15-7-8-16-13(3)19(26-17(16)10-15)18-12(2)11-23-21-20(18)24-14(4)25-21/h1,7-8,10,12,26H,9,11H2,2-5H3,(H,23,24,25). The van der Waals surface area contributed by atoms with Gasteiger partial charge in [-0.25, -0.2) is 4.98 Å². The van der Waals surface area contributed by atoms with Gasteiger partial charge in [0.1, 0.15) is 5.82 Å². The molecular formula is C22H23N5O. The first kappa shape index (κ1) is 18.1. The molecule has 6 nitrogen and oxygen atoms in total. The summed E-state index contributed by atoms with van der Waals surface area (Å²) < 4.78 is 0. The minimum atomic E-state index is -0.0855. The van der Waals surface area contributed by atoms with E-state index in [0.717, 1.165) is 38.8 Å². The zero-order valence-corrected chi connectivity index (χ0v) is 16.6. The number of terminal acetylenes is 1. The fraction of sp³-hybridized carbons (Fsp3) is 0.318. The molecule has 1 amide bonds. The van der Waals surface area contributed by atoms with E-state index in [-0.39, 0.29) is 18.4 Å². The maximum Gasteiger partial charge on any atom is 0.254 e. The summed E-state index contributed by atoms with van der Waals surface area (Å²) in [5.41, 5.74) is 5.75. The Morgan fingerprint density at radius 3 is 2.89 bits per heavy atom. The van der Waals surface area contributed by atoms with Gasteiger partial charge in [-0.1, -0.05) is 18.9 Å². The fourth-order valence-corrected chi connectivity index (χ4v) is 3.88. The maximum absolute atomic E-state index is 12.6. The number of benzene rings is 1. The van der Waals surface area contributed by atoms with Gasteiger partial charge in [0.2, 0.25) is 0 Å². The van der Waals surface area contributed by atoms with Gasteiger partial charge in [-0.3, -0.25) is 9.79 Å². The predicted molar refractivity (Wildman–Crippen MR) is 109 cm³/mol. The molecule has 1 aromatic carbocycles. The monoisotopic (exact) mass is 373 g/mol. The number of nitrogens with one attached hydrogen (secondary N) is 2. The van der Waals surface area contributed by atoms with Crippen molar-refractivity contribution in [2.75, 3.05) is 20.1 Å². The molecule has 4 rings (SSSR count). The number of carbonyl (C=O) groups is 1. The van der Waals surface area contributed by atoms with E-state index in [9.17, 15) is 4.79 Å². The van der Waals surface area contributed by atoms with Crippen molar-refractivity contribution in [2.45, 2.75) is 20.8 Å². The lowest BCUT2D eigenvalue weighted by Crippen LogP contribution is -2.35. The number of rotatable bonds is 3. The zero-order chi connectivity index (χ0) is 20.0. The van der Waals surface area contributed by atoms with Crippen molar-refractivity contribution in [3.05, 3.63) is 51.7 Å². The van der Waals surface area contributed by atoms with Crippen LogP contribution in [0.4, 0.5) is 0 Å². The fourth-order valence-electron chi connectivity index (χ4n) is 3.88. The molecule has 1 atom stereocenters. The Kier molecular flexibility index (Phi) is 4.31. The summed E-state index contributed by atoms with van der Waals surface area (Å²) in [6, 6.07) is 5.76. The molecule has 6 heteroatoms. The first-order valence-electron chi connectivity index (χ1n) is 9.33. The summed E-state index contributed by atoms with van der Waals surface area (Å²) in [5, 5.41) is 2.09. The van der Waals surface area contributed by atoms with Gasteiger partial charge in [0, 0.05) is 47.2 Å². The summed E-state index contributed by atoms with van der Waals surface area (Å²) in [7, 11) is 1.71. The summed E-state index contributed by atoms with van der Waals surface area (Å²) in [5.74, 6) is 3.54. The Balaban J connectivity index is 1.88. The number of H-pyrrole nitrogens is 2. The molecule has 0 saturated carbocycles. The van der Waals surface area contributed by atoms with Crippen molar-refractivity contribution < 1.29 is 4.79 Å². The van der Waals surface area contributed by atoms with Crippen molar-refractivity contribution in [1.29, 1.82) is 0 Å². The lowest BCUT2D eigenvalue weighted by Gasteiger charge is -2.16. The van der Waals surface area contributed by atoms with Crippen molar-refractivity contribution in [2.24, 2.45) is 10.9 Å². The van der Waals surface area contributed by atoms with Crippen LogP contribution < -0.4 is 10.8 Å². The topological polar surface area (TPSA) is 77.1 Å². The highest BCUT2D eigenvalue weighted by Crippen LogP contribution is 2.30. The Bertz CT molecular complexity index is 1250. The van der Waals surface area contributed by atoms with Crippen molar-refractivity contribution in [1.82, 2.24) is 19.9 Å². The van der Waals surface area contributed by atoms with Crippen molar-refractivity contribution >= 4 is 22.4 Å². The number of aromatic nitrogens is 3. The lowest BCUT2D eigenvalue weighted by molar-refractivity contribution is 0.0812. The first-order chi connectivity index (χ1) is 13.4. The SMILES string of the molecule is C#CCN(C)C(=O)c1ccc2c(C)c(C3=c4[nH]c(C)nc4=NCC3C)[nH]c2c1. The molecule has 1 aliphatic rings. The van der Waals surface area contributed by atoms with Gasteiger partial charge in [-0.15, -0.1) is 6.42 Å². The molecule has 3 heterocycles. The Hall–Kier alpha value is -3.33. The molecule has 3 aromatic rings. The molecule has 0 aliphatic carbocycles. The Labute approximate surface area is 163 Å². The molecule has 2 N–H and O–H groups in total. The second-order valence-electron chi connectivity index (χ2n) is 7.43. The van der Waals surface area contributed by atoms with E-state index in [4.69, 9.17) is 6.42 Å². The first-order valence-corrected chi connectivity index (χ1v) is 9.33. The number of fused-ring (bicyclic) bond motifs is 2. The molecule has 2 aromatic heterocycles. The average molecular weight is 373 g/mol. The van der Waals surface area contributed by atoms with Crippen LogP contribution in [-0.4, -0.2) is 45.9 Å². The Morgan fingerprint density at radius 1 is 1.36 bits per heavy atom. The molecule has 0 radical (unpaired) electrons. The minimum absolute atomic E-state index is 0.0855. The van der Waals surface area contributed by atoms with Crippen LogP contribution in [0.2, 0.25) is 0 Å². The lowest BCUT2D eigenvalue weighted by atomic mass is 9.94. The highest BCUT2D eigenvalue weighted by atomic mass is 16.2. The van der Waals surface area contributed by atoms with Crippen LogP contribution in [0.15, 0.2) is 23.2 Å². The number of aromatic amines is 2. The van der Waals surface area contributed by atoms with Gasteiger partial charge in [-0.05, 0) is 31.5 Å². The van der Waals surface area contributed by atoms with Gasteiger partial charge < -0.3 is 14.9 Å². The summed E-state index contributed by atoms with van der Waals surface area (Å²) in [4.78, 5) is 30.1. The summed E-state index contributed by atoms with van der Waals surface area (Å²) >= 11 is 0. The predicted octanol–water partition coefficient (Wildman–Crippen LogP) is 1.68. The second kappa shape index (κ2) is 6.68. The van der Waals surface area contributed by atoms with E-state index >= 15 is 0 Å². The van der Waals surface area contributed by atoms with E-state index in [1.54, 1.807) is 7.05 Å². The smallest absolute Gasteiger partial charge is 0.254 e. The van der Waals surface area contributed by atoms with E-state index in [2.05, 4.69) is 39.7 Å². The number of aryl methyl sites for hydroxylation is 2. The third-order valence-electron chi connectivity index (χ3n) is 5.33. The number of carbonyl (C=O) groups excluding carboxylic acids is 1. The van der Waals surface area contributed by atoms with Gasteiger partial charge >= 0.3 is 0 Å². The normalized spacial score (nSPS) is 15.8. The van der Waals surface area contributed by atoms with E-state index in [0.29, 0.717) is 12.1 Å². The molecular weight excluding hydrogens is 350 g/mol. The highest BCUT2D eigenvalue weighted by molar-refractivity contribution is 5.99. The maximum atomic E-state index is 12.6. The minimum Gasteiger partial charge on any atom is -0.354 e. The van der Waals surface area contributed by atoms with E-state index in [1.165, 1.54) is 10.5 Å². The van der Waals surface area contributed by atoms with Crippen LogP contribution in [-0.2, 0) is 0 Å². The van der Waals surface area contributed by atoms with Crippen LogP contribution in [0, 0.1) is 32.1 Å². The molecule has 1 aliphatic heterocycles. The van der Waals surface area contributed by atoms with Crippen LogP contribution in [0.3, 0.4) is 0 Å². The van der Waals surface area contributed by atoms with Gasteiger partial charge in [0.15, 0.2) is 5.49 Å². The van der Waals surface area contributed by atoms with Gasteiger partial charge in [0.05, 0.1) is 11.9 Å². The molecule has 28 heavy (non-hydrogen) atoms. The van der Waals surface area contributed by atoms with Crippen LogP contribution in [0.1, 0.15) is 34.4 Å². The van der Waals surface area contributed by atoms with Gasteiger partial charge in [0.25, 0.3) is 5.91 Å². The van der Waals surface area contributed by atoms with Crippen LogP contribution in [0.25, 0.3) is 16.5 Å². The molecule has 1 unspecified atom stereocenters. The third-order valence-corrected chi connectivity index (χ3v) is 5.33. The third kappa shape index (κ3) is 2.80. The zero-order valence-electron chi connectivity index (χ0n) is 16.6. The largest absolute Gasteiger partial charge is 0.354 e. The summed E-state index contributed by atoms with van der Waals surface area (Å²) in [6.45, 7) is 7.22. The number of amides is 1. The molecule has 142 valence electrons. The average Bonchev–Trinajstić information content (AvgIpc) is 3.20. The number of hydrogen-bond acceptors (Lipinski definition) is 3. The molecule has 0 spiro atoms. The number of imidazole rings is 1. The molecule has 0 saturated heterocycles. The molecule has 0 bridgehead atoms. The second-order valence-corrected chi connectivity index (χ2v) is 7.43. The van der Waals surface area contributed by atoms with Crippen molar-refractivity contribution in [3.8, 4) is 12.3 Å². The molecule has 0 fully saturated rings. The van der Waals surface area contributed by atoms with E-state index < -0.39 is 0 Å².